The Morgan fingerprint density at radius 1 is 1.15 bits per heavy atom. The summed E-state index contributed by atoms with van der Waals surface area (Å²) < 4.78 is 13.5. The van der Waals surface area contributed by atoms with Crippen molar-refractivity contribution in [3.8, 4) is 0 Å². The standard InChI is InChI=1S/C33H49N5O7Si/c1-23-31(46(3,4)43)28(15-19-36-22-24(16-20-39)34-35-36)45-33(23)26-21-25(37-17-9-6-5-7-11-29(37)40)13-14-27(26)38(32(33)42)18-10-8-12-30(41)44-2/h13-14,21-23,28,31,39,43H,5-12,15-20H2,1-4H3/t23-,28+,31-,33+/m1/s1. The van der Waals surface area contributed by atoms with Crippen molar-refractivity contribution in [3.63, 3.8) is 0 Å². The number of anilines is 2. The number of hydrogen-bond donors (Lipinski definition) is 2. The number of carbonyl (C=O) groups is 3. The number of benzene rings is 1. The maximum atomic E-state index is 14.7. The molecule has 2 N–H and O–H groups in total. The van der Waals surface area contributed by atoms with Crippen LogP contribution in [-0.4, -0.2) is 83.9 Å². The third-order valence-corrected chi connectivity index (χ3v) is 12.4. The predicted molar refractivity (Wildman–Crippen MR) is 175 cm³/mol. The van der Waals surface area contributed by atoms with Gasteiger partial charge in [0.25, 0.3) is 5.91 Å². The molecular weight excluding hydrogens is 606 g/mol. The number of esters is 1. The molecule has 3 aliphatic heterocycles. The third kappa shape index (κ3) is 6.78. The zero-order chi connectivity index (χ0) is 33.1. The molecule has 5 rings (SSSR count). The number of ether oxygens (including phenoxy) is 2. The van der Waals surface area contributed by atoms with Gasteiger partial charge < -0.3 is 29.2 Å². The van der Waals surface area contributed by atoms with Crippen LogP contribution in [0.25, 0.3) is 0 Å². The molecule has 46 heavy (non-hydrogen) atoms. The van der Waals surface area contributed by atoms with Gasteiger partial charge in [0, 0.05) is 74.4 Å². The molecule has 0 radical (unpaired) electrons. The zero-order valence-electron chi connectivity index (χ0n) is 27.6. The van der Waals surface area contributed by atoms with Crippen molar-refractivity contribution < 1.29 is 33.8 Å². The second-order valence-corrected chi connectivity index (χ2v) is 17.5. The van der Waals surface area contributed by atoms with Crippen LogP contribution in [0.1, 0.15) is 76.0 Å². The second kappa shape index (κ2) is 14.3. The van der Waals surface area contributed by atoms with Gasteiger partial charge in [-0.3, -0.25) is 19.1 Å². The molecule has 1 aromatic heterocycles. The van der Waals surface area contributed by atoms with Crippen molar-refractivity contribution in [2.45, 2.75) is 108 Å². The quantitative estimate of drug-likeness (QED) is 0.199. The molecule has 252 valence electrons. The lowest BCUT2D eigenvalue weighted by atomic mass is 9.82. The van der Waals surface area contributed by atoms with E-state index < -0.39 is 20.0 Å². The Bertz CT molecular complexity index is 1410. The fourth-order valence-corrected chi connectivity index (χ4v) is 10.3. The largest absolute Gasteiger partial charge is 0.469 e. The van der Waals surface area contributed by atoms with Crippen LogP contribution in [0.5, 0.6) is 0 Å². The Balaban J connectivity index is 1.51. The van der Waals surface area contributed by atoms with Crippen LogP contribution >= 0.6 is 0 Å². The van der Waals surface area contributed by atoms with Crippen LogP contribution in [0.15, 0.2) is 24.4 Å². The number of amides is 2. The van der Waals surface area contributed by atoms with Gasteiger partial charge in [-0.05, 0) is 63.4 Å². The van der Waals surface area contributed by atoms with Gasteiger partial charge in [-0.1, -0.05) is 25.0 Å². The maximum absolute atomic E-state index is 14.7. The second-order valence-electron chi connectivity index (χ2n) is 13.5. The van der Waals surface area contributed by atoms with Crippen LogP contribution < -0.4 is 9.80 Å². The lowest BCUT2D eigenvalue weighted by Gasteiger charge is -2.33. The van der Waals surface area contributed by atoms with E-state index in [1.165, 1.54) is 7.11 Å². The number of rotatable bonds is 12. The first-order chi connectivity index (χ1) is 22.0. The van der Waals surface area contributed by atoms with E-state index in [4.69, 9.17) is 9.47 Å². The molecule has 13 heteroatoms. The molecule has 4 atom stereocenters. The minimum atomic E-state index is -2.87. The van der Waals surface area contributed by atoms with Gasteiger partial charge in [-0.2, -0.15) is 0 Å². The van der Waals surface area contributed by atoms with Gasteiger partial charge in [0.05, 0.1) is 24.6 Å². The Morgan fingerprint density at radius 2 is 1.93 bits per heavy atom. The molecule has 2 fully saturated rings. The van der Waals surface area contributed by atoms with Crippen LogP contribution in [0, 0.1) is 5.92 Å². The van der Waals surface area contributed by atoms with Crippen molar-refractivity contribution >= 4 is 37.5 Å². The maximum Gasteiger partial charge on any atom is 0.305 e. The van der Waals surface area contributed by atoms with E-state index in [2.05, 4.69) is 10.3 Å². The fraction of sp³-hybridized carbons (Fsp3) is 0.667. The Labute approximate surface area is 272 Å². The molecule has 0 aliphatic carbocycles. The van der Waals surface area contributed by atoms with Gasteiger partial charge in [0.15, 0.2) is 13.9 Å². The first-order valence-corrected chi connectivity index (χ1v) is 19.8. The number of hydrogen-bond acceptors (Lipinski definition) is 9. The van der Waals surface area contributed by atoms with Gasteiger partial charge in [-0.25, -0.2) is 0 Å². The van der Waals surface area contributed by atoms with E-state index in [1.54, 1.807) is 15.8 Å². The average Bonchev–Trinajstić information content (AvgIpc) is 3.65. The highest BCUT2D eigenvalue weighted by Gasteiger charge is 2.66. The topological polar surface area (TPSA) is 147 Å². The Morgan fingerprint density at radius 3 is 2.67 bits per heavy atom. The van der Waals surface area contributed by atoms with Crippen LogP contribution in [0.4, 0.5) is 11.4 Å². The molecular formula is C33H49N5O7Si. The van der Waals surface area contributed by atoms with Crippen molar-refractivity contribution in [2.75, 3.05) is 36.6 Å². The Hall–Kier alpha value is -3.13. The van der Waals surface area contributed by atoms with E-state index in [-0.39, 0.29) is 42.3 Å². The van der Waals surface area contributed by atoms with Crippen LogP contribution in [-0.2, 0) is 42.4 Å². The molecule has 4 heterocycles. The smallest absolute Gasteiger partial charge is 0.305 e. The van der Waals surface area contributed by atoms with E-state index in [0.29, 0.717) is 57.4 Å². The van der Waals surface area contributed by atoms with Crippen molar-refractivity contribution in [3.05, 3.63) is 35.7 Å². The highest BCUT2D eigenvalue weighted by Crippen LogP contribution is 2.60. The summed E-state index contributed by atoms with van der Waals surface area (Å²) in [6, 6.07) is 5.84. The molecule has 2 aromatic rings. The summed E-state index contributed by atoms with van der Waals surface area (Å²) in [5, 5.41) is 17.6. The summed E-state index contributed by atoms with van der Waals surface area (Å²) in [4.78, 5) is 55.0. The van der Waals surface area contributed by atoms with Gasteiger partial charge in [0.2, 0.25) is 5.91 Å². The summed E-state index contributed by atoms with van der Waals surface area (Å²) in [5.41, 5.74) is 1.37. The van der Waals surface area contributed by atoms with E-state index in [1.807, 2.05) is 43.1 Å². The first kappa shape index (κ1) is 34.2. The highest BCUT2D eigenvalue weighted by molar-refractivity contribution is 6.71. The van der Waals surface area contributed by atoms with Gasteiger partial charge >= 0.3 is 5.97 Å². The number of unbranched alkanes of at least 4 members (excludes halogenated alkanes) is 1. The monoisotopic (exact) mass is 655 g/mol. The molecule has 2 saturated heterocycles. The molecule has 0 saturated carbocycles. The summed E-state index contributed by atoms with van der Waals surface area (Å²) in [6.45, 7) is 7.32. The van der Waals surface area contributed by atoms with Crippen molar-refractivity contribution in [2.24, 2.45) is 5.92 Å². The molecule has 0 unspecified atom stereocenters. The van der Waals surface area contributed by atoms with Gasteiger partial charge in [-0.15, -0.1) is 5.10 Å². The first-order valence-electron chi connectivity index (χ1n) is 16.7. The normalized spacial score (nSPS) is 25.2. The van der Waals surface area contributed by atoms with E-state index in [0.717, 1.165) is 42.6 Å². The third-order valence-electron chi connectivity index (χ3n) is 9.94. The summed E-state index contributed by atoms with van der Waals surface area (Å²) in [5.74, 6) is -0.696. The lowest BCUT2D eigenvalue weighted by molar-refractivity contribution is -0.146. The molecule has 1 aromatic carbocycles. The average molecular weight is 656 g/mol. The number of carbonyl (C=O) groups excluding carboxylic acids is 3. The fourth-order valence-electron chi connectivity index (χ4n) is 7.74. The highest BCUT2D eigenvalue weighted by atomic mass is 28.4. The number of methoxy groups -OCH3 is 1. The molecule has 3 aliphatic rings. The molecule has 2 amide bonds. The van der Waals surface area contributed by atoms with E-state index >= 15 is 0 Å². The van der Waals surface area contributed by atoms with Crippen LogP contribution in [0.3, 0.4) is 0 Å². The molecule has 12 nitrogen and oxygen atoms in total. The minimum Gasteiger partial charge on any atom is -0.469 e. The lowest BCUT2D eigenvalue weighted by Crippen LogP contribution is -2.46. The van der Waals surface area contributed by atoms with Gasteiger partial charge in [0.1, 0.15) is 0 Å². The number of aromatic nitrogens is 3. The SMILES string of the molecule is COC(=O)CCCCN1C(=O)[C@@]2(O[C@@H](CCn3cc(CCO)nn3)[C@H]([Si](C)(C)O)[C@H]2C)c2cc(N3CCCCCCC3=O)ccc21. The summed E-state index contributed by atoms with van der Waals surface area (Å²) in [6.07, 6.45) is 8.19. The molecule has 1 spiro atoms. The number of nitrogens with zero attached hydrogens (tertiary/aromatic N) is 5. The number of aliphatic hydroxyl groups is 1. The molecule has 0 bridgehead atoms. The summed E-state index contributed by atoms with van der Waals surface area (Å²) in [7, 11) is -1.50. The Kier molecular flexibility index (Phi) is 10.7. The van der Waals surface area contributed by atoms with Crippen molar-refractivity contribution in [1.29, 1.82) is 0 Å². The number of aryl methyl sites for hydroxylation is 1. The van der Waals surface area contributed by atoms with Crippen molar-refractivity contribution in [1.82, 2.24) is 15.0 Å². The number of fused-ring (bicyclic) bond motifs is 2. The zero-order valence-corrected chi connectivity index (χ0v) is 28.6. The summed E-state index contributed by atoms with van der Waals surface area (Å²) >= 11 is 0. The van der Waals surface area contributed by atoms with E-state index in [9.17, 15) is 24.3 Å². The number of aliphatic hydroxyl groups excluding tert-OH is 1. The van der Waals surface area contributed by atoms with Crippen LogP contribution in [0.2, 0.25) is 18.6 Å². The predicted octanol–water partition coefficient (Wildman–Crippen LogP) is 3.69. The minimum absolute atomic E-state index is 0.0113.